The maximum atomic E-state index is 12.0. The van der Waals surface area contributed by atoms with Crippen LogP contribution in [0.25, 0.3) is 0 Å². The number of ether oxygens (including phenoxy) is 1. The van der Waals surface area contributed by atoms with Crippen molar-refractivity contribution in [3.8, 4) is 0 Å². The highest BCUT2D eigenvalue weighted by atomic mass is 16.5. The van der Waals surface area contributed by atoms with Gasteiger partial charge in [-0.1, -0.05) is 18.2 Å². The lowest BCUT2D eigenvalue weighted by atomic mass is 10.1. The molecule has 0 aliphatic carbocycles. The van der Waals surface area contributed by atoms with Gasteiger partial charge in [0.25, 0.3) is 5.91 Å². The number of hydrogen-bond donors (Lipinski definition) is 3. The smallest absolute Gasteiger partial charge is 0.251 e. The summed E-state index contributed by atoms with van der Waals surface area (Å²) in [5, 5.41) is 8.68. The topological polar surface area (TPSA) is 79.5 Å². The van der Waals surface area contributed by atoms with E-state index in [9.17, 15) is 9.59 Å². The molecule has 0 radical (unpaired) electrons. The molecule has 6 heteroatoms. The Bertz CT molecular complexity index is 478. The molecule has 1 saturated heterocycles. The van der Waals surface area contributed by atoms with E-state index in [-0.39, 0.29) is 24.0 Å². The zero-order chi connectivity index (χ0) is 15.1. The van der Waals surface area contributed by atoms with Crippen LogP contribution >= 0.6 is 0 Å². The van der Waals surface area contributed by atoms with Crippen molar-refractivity contribution in [2.24, 2.45) is 0 Å². The lowest BCUT2D eigenvalue weighted by Gasteiger charge is -2.29. The molecule has 114 valence electrons. The van der Waals surface area contributed by atoms with Gasteiger partial charge in [0.1, 0.15) is 6.04 Å². The average molecular weight is 291 g/mol. The van der Waals surface area contributed by atoms with Gasteiger partial charge < -0.3 is 20.7 Å². The summed E-state index contributed by atoms with van der Waals surface area (Å²) < 4.78 is 5.42. The first kappa shape index (κ1) is 15.5. The summed E-state index contributed by atoms with van der Waals surface area (Å²) >= 11 is 0. The summed E-state index contributed by atoms with van der Waals surface area (Å²) in [6.45, 7) is 3.95. The largest absolute Gasteiger partial charge is 0.375 e. The molecular formula is C15H21N3O3. The van der Waals surface area contributed by atoms with Crippen molar-refractivity contribution in [2.75, 3.05) is 26.2 Å². The van der Waals surface area contributed by atoms with Crippen molar-refractivity contribution in [1.82, 2.24) is 16.0 Å². The van der Waals surface area contributed by atoms with Gasteiger partial charge in [-0.25, -0.2) is 0 Å². The number of amides is 2. The molecule has 3 N–H and O–H groups in total. The van der Waals surface area contributed by atoms with E-state index in [2.05, 4.69) is 16.0 Å². The number of carbonyl (C=O) groups is 2. The Morgan fingerprint density at radius 3 is 2.67 bits per heavy atom. The Hall–Kier alpha value is -1.92. The third kappa shape index (κ3) is 4.54. The molecule has 6 nitrogen and oxygen atoms in total. The second-order valence-corrected chi connectivity index (χ2v) is 4.92. The van der Waals surface area contributed by atoms with Gasteiger partial charge >= 0.3 is 0 Å². The number of rotatable bonds is 5. The Labute approximate surface area is 124 Å². The van der Waals surface area contributed by atoms with Crippen molar-refractivity contribution in [3.63, 3.8) is 0 Å². The van der Waals surface area contributed by atoms with Crippen LogP contribution < -0.4 is 16.0 Å². The Balaban J connectivity index is 1.67. The highest BCUT2D eigenvalue weighted by molar-refractivity contribution is 5.94. The molecule has 1 aliphatic heterocycles. The Morgan fingerprint density at radius 2 is 1.95 bits per heavy atom. The lowest BCUT2D eigenvalue weighted by molar-refractivity contribution is -0.128. The number of benzene rings is 1. The highest BCUT2D eigenvalue weighted by Crippen LogP contribution is 2.03. The molecule has 1 fully saturated rings. The van der Waals surface area contributed by atoms with E-state index < -0.39 is 0 Å². The average Bonchev–Trinajstić information content (AvgIpc) is 2.52. The zero-order valence-electron chi connectivity index (χ0n) is 12.1. The van der Waals surface area contributed by atoms with Crippen LogP contribution in [0.15, 0.2) is 30.3 Å². The van der Waals surface area contributed by atoms with Crippen LogP contribution in [0.1, 0.15) is 17.3 Å². The maximum absolute atomic E-state index is 12.0. The van der Waals surface area contributed by atoms with E-state index in [1.54, 1.807) is 12.1 Å². The molecule has 2 atom stereocenters. The third-order valence-electron chi connectivity index (χ3n) is 3.34. The van der Waals surface area contributed by atoms with Gasteiger partial charge in [0.15, 0.2) is 0 Å². The second-order valence-electron chi connectivity index (χ2n) is 4.92. The maximum Gasteiger partial charge on any atom is 0.251 e. The summed E-state index contributed by atoms with van der Waals surface area (Å²) in [4.78, 5) is 23.7. The fourth-order valence-corrected chi connectivity index (χ4v) is 2.19. The molecule has 1 aliphatic rings. The van der Waals surface area contributed by atoms with Gasteiger partial charge in [0.05, 0.1) is 12.7 Å². The molecule has 1 aromatic rings. The van der Waals surface area contributed by atoms with Gasteiger partial charge in [0, 0.05) is 25.2 Å². The van der Waals surface area contributed by atoms with Crippen LogP contribution in [0.3, 0.4) is 0 Å². The first-order valence-corrected chi connectivity index (χ1v) is 7.14. The molecule has 0 unspecified atom stereocenters. The van der Waals surface area contributed by atoms with Crippen LogP contribution in [0.5, 0.6) is 0 Å². The van der Waals surface area contributed by atoms with E-state index in [0.717, 1.165) is 0 Å². The minimum Gasteiger partial charge on any atom is -0.375 e. The quantitative estimate of drug-likeness (QED) is 0.663. The molecular weight excluding hydrogens is 270 g/mol. The van der Waals surface area contributed by atoms with Crippen molar-refractivity contribution in [3.05, 3.63) is 35.9 Å². The minimum atomic E-state index is -0.330. The second kappa shape index (κ2) is 7.75. The van der Waals surface area contributed by atoms with Crippen LogP contribution in [-0.2, 0) is 9.53 Å². The van der Waals surface area contributed by atoms with Gasteiger partial charge in [-0.3, -0.25) is 9.59 Å². The van der Waals surface area contributed by atoms with Gasteiger partial charge in [0.2, 0.25) is 5.91 Å². The fraction of sp³-hybridized carbons (Fsp3) is 0.467. The monoisotopic (exact) mass is 291 g/mol. The Kier molecular flexibility index (Phi) is 5.71. The van der Waals surface area contributed by atoms with Crippen molar-refractivity contribution < 1.29 is 14.3 Å². The van der Waals surface area contributed by atoms with E-state index >= 15 is 0 Å². The summed E-state index contributed by atoms with van der Waals surface area (Å²) in [6, 6.07) is 8.65. The predicted molar refractivity (Wildman–Crippen MR) is 79.0 cm³/mol. The summed E-state index contributed by atoms with van der Waals surface area (Å²) in [5.41, 5.74) is 0.611. The molecule has 2 rings (SSSR count). The van der Waals surface area contributed by atoms with Crippen molar-refractivity contribution in [2.45, 2.75) is 19.1 Å². The van der Waals surface area contributed by atoms with Crippen LogP contribution in [0.4, 0.5) is 0 Å². The molecule has 2 amide bonds. The summed E-state index contributed by atoms with van der Waals surface area (Å²) in [7, 11) is 0. The van der Waals surface area contributed by atoms with Crippen LogP contribution in [-0.4, -0.2) is 50.2 Å². The van der Waals surface area contributed by atoms with E-state index in [1.165, 1.54) is 0 Å². The predicted octanol–water partition coefficient (Wildman–Crippen LogP) is -0.0905. The van der Waals surface area contributed by atoms with Gasteiger partial charge in [-0.15, -0.1) is 0 Å². The lowest BCUT2D eigenvalue weighted by Crippen LogP contribution is -2.56. The molecule has 21 heavy (non-hydrogen) atoms. The summed E-state index contributed by atoms with van der Waals surface area (Å²) in [5.74, 6) is -0.242. The van der Waals surface area contributed by atoms with E-state index in [0.29, 0.717) is 31.8 Å². The number of nitrogens with one attached hydrogen (secondary N) is 3. The third-order valence-corrected chi connectivity index (χ3v) is 3.34. The number of carbonyl (C=O) groups excluding carboxylic acids is 2. The van der Waals surface area contributed by atoms with Gasteiger partial charge in [-0.2, -0.15) is 0 Å². The van der Waals surface area contributed by atoms with Gasteiger partial charge in [-0.05, 0) is 19.1 Å². The number of morpholine rings is 1. The summed E-state index contributed by atoms with van der Waals surface area (Å²) in [6.07, 6.45) is -0.141. The minimum absolute atomic E-state index is 0.101. The molecule has 0 spiro atoms. The fourth-order valence-electron chi connectivity index (χ4n) is 2.19. The van der Waals surface area contributed by atoms with Crippen molar-refractivity contribution >= 4 is 11.8 Å². The standard InChI is InChI=1S/C15H21N3O3/c1-11-13(16-9-10-21-11)15(20)18-8-7-17-14(19)12-5-3-2-4-6-12/h2-6,11,13,16H,7-10H2,1H3,(H,17,19)(H,18,20)/t11-,13+/m1/s1. The molecule has 1 aromatic carbocycles. The number of hydrogen-bond acceptors (Lipinski definition) is 4. The van der Waals surface area contributed by atoms with E-state index in [1.807, 2.05) is 25.1 Å². The molecule has 0 saturated carbocycles. The van der Waals surface area contributed by atoms with Crippen LogP contribution in [0, 0.1) is 0 Å². The molecule has 0 bridgehead atoms. The first-order chi connectivity index (χ1) is 10.2. The van der Waals surface area contributed by atoms with Crippen LogP contribution in [0.2, 0.25) is 0 Å². The first-order valence-electron chi connectivity index (χ1n) is 7.14. The normalized spacial score (nSPS) is 21.6. The molecule has 1 heterocycles. The zero-order valence-corrected chi connectivity index (χ0v) is 12.1. The molecule has 0 aromatic heterocycles. The SMILES string of the molecule is C[C@H]1OCCN[C@@H]1C(=O)NCCNC(=O)c1ccccc1. The Morgan fingerprint density at radius 1 is 1.24 bits per heavy atom. The van der Waals surface area contributed by atoms with Crippen molar-refractivity contribution in [1.29, 1.82) is 0 Å². The van der Waals surface area contributed by atoms with E-state index in [4.69, 9.17) is 4.74 Å². The highest BCUT2D eigenvalue weighted by Gasteiger charge is 2.27.